The minimum atomic E-state index is -0.0130. The van der Waals surface area contributed by atoms with Crippen molar-refractivity contribution in [1.82, 2.24) is 20.2 Å². The number of carbonyl (C=O) groups is 1. The Labute approximate surface area is 119 Å². The SMILES string of the molecule is O=C(CSc1nnnn1C1CC1)c1ccccc1Cl. The van der Waals surface area contributed by atoms with Gasteiger partial charge in [0.25, 0.3) is 0 Å². The highest BCUT2D eigenvalue weighted by atomic mass is 35.5. The van der Waals surface area contributed by atoms with Gasteiger partial charge < -0.3 is 0 Å². The van der Waals surface area contributed by atoms with Gasteiger partial charge in [0.2, 0.25) is 5.16 Å². The van der Waals surface area contributed by atoms with Gasteiger partial charge in [-0.2, -0.15) is 0 Å². The van der Waals surface area contributed by atoms with E-state index in [4.69, 9.17) is 11.6 Å². The number of aromatic nitrogens is 4. The maximum absolute atomic E-state index is 12.1. The van der Waals surface area contributed by atoms with Crippen LogP contribution in [0, 0.1) is 0 Å². The largest absolute Gasteiger partial charge is 0.293 e. The molecular formula is C12H11ClN4OS. The number of carbonyl (C=O) groups excluding carboxylic acids is 1. The highest BCUT2D eigenvalue weighted by molar-refractivity contribution is 7.99. The van der Waals surface area contributed by atoms with Crippen LogP contribution in [-0.2, 0) is 0 Å². The third-order valence-electron chi connectivity index (χ3n) is 2.86. The summed E-state index contributed by atoms with van der Waals surface area (Å²) in [6, 6.07) is 7.47. The Hall–Kier alpha value is -1.40. The molecule has 19 heavy (non-hydrogen) atoms. The molecule has 0 radical (unpaired) electrons. The molecule has 0 N–H and O–H groups in total. The summed E-state index contributed by atoms with van der Waals surface area (Å²) in [5.41, 5.74) is 0.544. The molecule has 0 saturated heterocycles. The first-order valence-electron chi connectivity index (χ1n) is 5.94. The smallest absolute Gasteiger partial charge is 0.210 e. The number of hydrogen-bond donors (Lipinski definition) is 0. The Kier molecular flexibility index (Phi) is 3.52. The van der Waals surface area contributed by atoms with E-state index in [1.807, 2.05) is 0 Å². The summed E-state index contributed by atoms with van der Waals surface area (Å²) in [7, 11) is 0. The van der Waals surface area contributed by atoms with Crippen molar-refractivity contribution in [3.63, 3.8) is 0 Å². The van der Waals surface area contributed by atoms with Crippen molar-refractivity contribution >= 4 is 29.1 Å². The fourth-order valence-corrected chi connectivity index (χ4v) is 2.79. The van der Waals surface area contributed by atoms with Crippen LogP contribution in [-0.4, -0.2) is 31.7 Å². The zero-order chi connectivity index (χ0) is 13.2. The van der Waals surface area contributed by atoms with Crippen molar-refractivity contribution in [3.05, 3.63) is 34.9 Å². The van der Waals surface area contributed by atoms with Crippen LogP contribution in [0.5, 0.6) is 0 Å². The molecular weight excluding hydrogens is 284 g/mol. The number of thioether (sulfide) groups is 1. The number of halogens is 1. The average Bonchev–Trinajstić information content (AvgIpc) is 3.15. The maximum atomic E-state index is 12.1. The van der Waals surface area contributed by atoms with Crippen LogP contribution in [0.1, 0.15) is 29.2 Å². The maximum Gasteiger partial charge on any atom is 0.210 e. The van der Waals surface area contributed by atoms with Gasteiger partial charge in [-0.15, -0.1) is 5.10 Å². The molecule has 0 amide bonds. The average molecular weight is 295 g/mol. The minimum absolute atomic E-state index is 0.0130. The van der Waals surface area contributed by atoms with E-state index < -0.39 is 0 Å². The first-order chi connectivity index (χ1) is 9.25. The molecule has 1 aromatic heterocycles. The van der Waals surface area contributed by atoms with Gasteiger partial charge in [0, 0.05) is 5.56 Å². The van der Waals surface area contributed by atoms with Crippen LogP contribution < -0.4 is 0 Å². The van der Waals surface area contributed by atoms with E-state index in [0.29, 0.717) is 21.8 Å². The standard InChI is InChI=1S/C12H11ClN4OS/c13-10-4-2-1-3-9(10)11(18)7-19-12-14-15-16-17(12)8-5-6-8/h1-4,8H,5-7H2. The molecule has 0 bridgehead atoms. The van der Waals surface area contributed by atoms with Gasteiger partial charge in [-0.1, -0.05) is 35.5 Å². The van der Waals surface area contributed by atoms with E-state index in [1.165, 1.54) is 11.8 Å². The Morgan fingerprint density at radius 2 is 2.21 bits per heavy atom. The zero-order valence-corrected chi connectivity index (χ0v) is 11.6. The molecule has 3 rings (SSSR count). The molecule has 1 heterocycles. The summed E-state index contributed by atoms with van der Waals surface area (Å²) in [4.78, 5) is 12.1. The van der Waals surface area contributed by atoms with Crippen molar-refractivity contribution in [2.24, 2.45) is 0 Å². The molecule has 1 saturated carbocycles. The number of Topliss-reactive ketones (excluding diaryl/α,β-unsaturated/α-hetero) is 1. The third kappa shape index (κ3) is 2.79. The summed E-state index contributed by atoms with van der Waals surface area (Å²) >= 11 is 7.35. The number of ketones is 1. The van der Waals surface area contributed by atoms with Gasteiger partial charge in [0.05, 0.1) is 16.8 Å². The molecule has 5 nitrogen and oxygen atoms in total. The van der Waals surface area contributed by atoms with Crippen LogP contribution in [0.25, 0.3) is 0 Å². The van der Waals surface area contributed by atoms with Crippen LogP contribution in [0.3, 0.4) is 0 Å². The van der Waals surface area contributed by atoms with Gasteiger partial charge in [-0.05, 0) is 35.4 Å². The fourth-order valence-electron chi connectivity index (χ4n) is 1.72. The number of nitrogens with zero attached hydrogens (tertiary/aromatic N) is 4. The van der Waals surface area contributed by atoms with E-state index in [0.717, 1.165) is 12.8 Å². The van der Waals surface area contributed by atoms with Crippen LogP contribution >= 0.6 is 23.4 Å². The van der Waals surface area contributed by atoms with Crippen molar-refractivity contribution < 1.29 is 4.79 Å². The highest BCUT2D eigenvalue weighted by Crippen LogP contribution is 2.36. The van der Waals surface area contributed by atoms with Gasteiger partial charge >= 0.3 is 0 Å². The number of tetrazole rings is 1. The molecule has 7 heteroatoms. The van der Waals surface area contributed by atoms with E-state index in [-0.39, 0.29) is 11.5 Å². The number of hydrogen-bond acceptors (Lipinski definition) is 5. The lowest BCUT2D eigenvalue weighted by molar-refractivity contribution is 0.102. The van der Waals surface area contributed by atoms with Crippen molar-refractivity contribution in [2.75, 3.05) is 5.75 Å². The first kappa shape index (κ1) is 12.6. The summed E-state index contributed by atoms with van der Waals surface area (Å²) in [6.07, 6.45) is 2.22. The van der Waals surface area contributed by atoms with Gasteiger partial charge in [0.1, 0.15) is 0 Å². The van der Waals surface area contributed by atoms with E-state index in [2.05, 4.69) is 15.5 Å². The third-order valence-corrected chi connectivity index (χ3v) is 4.13. The molecule has 0 spiro atoms. The van der Waals surface area contributed by atoms with E-state index >= 15 is 0 Å². The second kappa shape index (κ2) is 5.30. The van der Waals surface area contributed by atoms with Crippen LogP contribution in [0.2, 0.25) is 5.02 Å². The lowest BCUT2D eigenvalue weighted by Crippen LogP contribution is -2.05. The minimum Gasteiger partial charge on any atom is -0.293 e. The molecule has 0 atom stereocenters. The predicted octanol–water partition coefficient (Wildman–Crippen LogP) is 2.64. The first-order valence-corrected chi connectivity index (χ1v) is 7.30. The van der Waals surface area contributed by atoms with Crippen molar-refractivity contribution in [3.8, 4) is 0 Å². The Morgan fingerprint density at radius 3 is 2.95 bits per heavy atom. The van der Waals surface area contributed by atoms with Gasteiger partial charge in [-0.3, -0.25) is 4.79 Å². The van der Waals surface area contributed by atoms with Crippen LogP contribution in [0.15, 0.2) is 29.4 Å². The highest BCUT2D eigenvalue weighted by Gasteiger charge is 2.28. The summed E-state index contributed by atoms with van der Waals surface area (Å²) < 4.78 is 1.80. The summed E-state index contributed by atoms with van der Waals surface area (Å²) in [6.45, 7) is 0. The summed E-state index contributed by atoms with van der Waals surface area (Å²) in [5, 5.41) is 12.7. The lowest BCUT2D eigenvalue weighted by atomic mass is 10.1. The topological polar surface area (TPSA) is 60.7 Å². The number of benzene rings is 1. The van der Waals surface area contributed by atoms with E-state index in [1.54, 1.807) is 28.9 Å². The lowest BCUT2D eigenvalue weighted by Gasteiger charge is -2.03. The fraction of sp³-hybridized carbons (Fsp3) is 0.333. The molecule has 2 aromatic rings. The monoisotopic (exact) mass is 294 g/mol. The number of rotatable bonds is 5. The normalized spacial score (nSPS) is 14.6. The Morgan fingerprint density at radius 1 is 1.42 bits per heavy atom. The quantitative estimate of drug-likeness (QED) is 0.627. The van der Waals surface area contributed by atoms with Crippen molar-refractivity contribution in [2.45, 2.75) is 24.0 Å². The Bertz CT molecular complexity index is 611. The summed E-state index contributed by atoms with van der Waals surface area (Å²) in [5.74, 6) is 0.276. The molecule has 1 aromatic carbocycles. The molecule has 1 aliphatic rings. The Balaban J connectivity index is 1.67. The molecule has 0 aliphatic heterocycles. The molecule has 98 valence electrons. The second-order valence-electron chi connectivity index (χ2n) is 4.33. The molecule has 0 unspecified atom stereocenters. The molecule has 1 fully saturated rings. The van der Waals surface area contributed by atoms with Crippen LogP contribution in [0.4, 0.5) is 0 Å². The predicted molar refractivity (Wildman–Crippen MR) is 72.6 cm³/mol. The molecule has 1 aliphatic carbocycles. The van der Waals surface area contributed by atoms with E-state index in [9.17, 15) is 4.79 Å². The van der Waals surface area contributed by atoms with Gasteiger partial charge in [0.15, 0.2) is 5.78 Å². The van der Waals surface area contributed by atoms with Crippen molar-refractivity contribution in [1.29, 1.82) is 0 Å². The van der Waals surface area contributed by atoms with Gasteiger partial charge in [-0.25, -0.2) is 4.68 Å². The second-order valence-corrected chi connectivity index (χ2v) is 5.68. The zero-order valence-electron chi connectivity index (χ0n) is 9.99.